The first-order chi connectivity index (χ1) is 15.0. The van der Waals surface area contributed by atoms with Crippen LogP contribution in [0.15, 0.2) is 71.5 Å². The maximum absolute atomic E-state index is 12.7. The Bertz CT molecular complexity index is 1250. The summed E-state index contributed by atoms with van der Waals surface area (Å²) in [6.07, 6.45) is 3.60. The van der Waals surface area contributed by atoms with E-state index in [4.69, 9.17) is 4.52 Å². The number of hydrogen-bond acceptors (Lipinski definition) is 7. The average molecular weight is 415 g/mol. The number of anilines is 1. The molecule has 1 N–H and O–H groups in total. The number of carbonyl (C=O) groups is 1. The second-order valence-electron chi connectivity index (χ2n) is 6.79. The second-order valence-corrected chi connectivity index (χ2v) is 6.79. The number of nitrogens with zero attached hydrogens (tertiary/aromatic N) is 4. The van der Waals surface area contributed by atoms with Gasteiger partial charge in [0.15, 0.2) is 0 Å². The van der Waals surface area contributed by atoms with Gasteiger partial charge in [0.25, 0.3) is 11.6 Å². The number of carbonyl (C=O) groups excluding carboxylic acids is 1. The highest BCUT2D eigenvalue weighted by Crippen LogP contribution is 2.23. The molecule has 0 atom stereocenters. The number of aryl methyl sites for hydroxylation is 1. The van der Waals surface area contributed by atoms with E-state index in [9.17, 15) is 14.9 Å². The molecule has 4 aromatic rings. The highest BCUT2D eigenvalue weighted by atomic mass is 16.6. The van der Waals surface area contributed by atoms with Gasteiger partial charge in [-0.25, -0.2) is 0 Å². The Morgan fingerprint density at radius 2 is 1.90 bits per heavy atom. The lowest BCUT2D eigenvalue weighted by atomic mass is 10.1. The fourth-order valence-electron chi connectivity index (χ4n) is 3.05. The molecule has 0 saturated heterocycles. The molecule has 0 radical (unpaired) electrons. The first kappa shape index (κ1) is 19.9. The van der Waals surface area contributed by atoms with Gasteiger partial charge in [-0.3, -0.25) is 19.9 Å². The minimum absolute atomic E-state index is 0.101. The van der Waals surface area contributed by atoms with Gasteiger partial charge in [0.05, 0.1) is 11.3 Å². The standard InChI is InChI=1S/C22H17N5O4/c1-14-6-7-17(12-19(14)27(29)30)22(28)24-18-5-3-2-4-16(18)13-20-25-21(26-31-20)15-8-10-23-11-9-15/h2-12H,13H2,1H3,(H,24,28). The SMILES string of the molecule is Cc1ccc(C(=O)Nc2ccccc2Cc2nc(-c3ccncc3)no2)cc1[N+](=O)[O-]. The molecule has 0 fully saturated rings. The molecule has 154 valence electrons. The Morgan fingerprint density at radius 3 is 2.68 bits per heavy atom. The van der Waals surface area contributed by atoms with E-state index in [2.05, 4.69) is 20.4 Å². The summed E-state index contributed by atoms with van der Waals surface area (Å²) in [7, 11) is 0. The van der Waals surface area contributed by atoms with E-state index in [0.29, 0.717) is 29.4 Å². The molecule has 31 heavy (non-hydrogen) atoms. The average Bonchev–Trinajstić information content (AvgIpc) is 3.24. The fourth-order valence-corrected chi connectivity index (χ4v) is 3.05. The number of para-hydroxylation sites is 1. The first-order valence-corrected chi connectivity index (χ1v) is 9.38. The molecule has 2 heterocycles. The molecule has 0 spiro atoms. The zero-order chi connectivity index (χ0) is 21.8. The second kappa shape index (κ2) is 8.54. The maximum atomic E-state index is 12.7. The van der Waals surface area contributed by atoms with E-state index in [1.54, 1.807) is 55.7 Å². The Kier molecular flexibility index (Phi) is 5.48. The van der Waals surface area contributed by atoms with Crippen molar-refractivity contribution in [2.24, 2.45) is 0 Å². The van der Waals surface area contributed by atoms with Crippen LogP contribution in [-0.2, 0) is 6.42 Å². The summed E-state index contributed by atoms with van der Waals surface area (Å²) in [5.41, 5.74) is 2.69. The molecule has 2 aromatic carbocycles. The van der Waals surface area contributed by atoms with Crippen molar-refractivity contribution in [2.75, 3.05) is 5.32 Å². The van der Waals surface area contributed by atoms with Crippen molar-refractivity contribution in [1.29, 1.82) is 0 Å². The summed E-state index contributed by atoms with van der Waals surface area (Å²) in [5, 5.41) is 18.0. The molecule has 9 nitrogen and oxygen atoms in total. The molecule has 0 bridgehead atoms. The van der Waals surface area contributed by atoms with Crippen LogP contribution in [0.3, 0.4) is 0 Å². The maximum Gasteiger partial charge on any atom is 0.273 e. The van der Waals surface area contributed by atoms with Crippen LogP contribution in [0.2, 0.25) is 0 Å². The minimum Gasteiger partial charge on any atom is -0.339 e. The quantitative estimate of drug-likeness (QED) is 0.370. The number of rotatable bonds is 6. The fraction of sp³-hybridized carbons (Fsp3) is 0.0909. The summed E-state index contributed by atoms with van der Waals surface area (Å²) < 4.78 is 5.35. The molecule has 0 saturated carbocycles. The molecule has 0 aliphatic carbocycles. The van der Waals surface area contributed by atoms with Gasteiger partial charge in [-0.1, -0.05) is 29.4 Å². The van der Waals surface area contributed by atoms with E-state index in [0.717, 1.165) is 11.1 Å². The van der Waals surface area contributed by atoms with Gasteiger partial charge in [-0.15, -0.1) is 0 Å². The third-order valence-electron chi connectivity index (χ3n) is 4.68. The van der Waals surface area contributed by atoms with E-state index >= 15 is 0 Å². The van der Waals surface area contributed by atoms with Crippen molar-refractivity contribution in [3.05, 3.63) is 99.7 Å². The number of hydrogen-bond donors (Lipinski definition) is 1. The van der Waals surface area contributed by atoms with Crippen LogP contribution in [0, 0.1) is 17.0 Å². The van der Waals surface area contributed by atoms with Crippen molar-refractivity contribution >= 4 is 17.3 Å². The molecule has 1 amide bonds. The van der Waals surface area contributed by atoms with Gasteiger partial charge in [0.1, 0.15) is 0 Å². The van der Waals surface area contributed by atoms with E-state index in [1.807, 2.05) is 12.1 Å². The van der Waals surface area contributed by atoms with Gasteiger partial charge in [0, 0.05) is 40.8 Å². The van der Waals surface area contributed by atoms with E-state index in [-0.39, 0.29) is 11.3 Å². The number of nitrogens with one attached hydrogen (secondary N) is 1. The lowest BCUT2D eigenvalue weighted by Crippen LogP contribution is -2.14. The Hall–Kier alpha value is -4.40. The van der Waals surface area contributed by atoms with E-state index < -0.39 is 10.8 Å². The molecule has 0 unspecified atom stereocenters. The summed E-state index contributed by atoms with van der Waals surface area (Å²) in [6, 6.07) is 15.1. The summed E-state index contributed by atoms with van der Waals surface area (Å²) in [5.74, 6) is 0.393. The predicted octanol–water partition coefficient (Wildman–Crippen LogP) is 4.19. The smallest absolute Gasteiger partial charge is 0.273 e. The van der Waals surface area contributed by atoms with Gasteiger partial charge >= 0.3 is 0 Å². The molecule has 0 aliphatic rings. The van der Waals surface area contributed by atoms with Gasteiger partial charge in [0.2, 0.25) is 11.7 Å². The Labute approximate surface area is 176 Å². The van der Waals surface area contributed by atoms with Crippen LogP contribution >= 0.6 is 0 Å². The summed E-state index contributed by atoms with van der Waals surface area (Å²) in [4.78, 5) is 31.7. The monoisotopic (exact) mass is 415 g/mol. The van der Waals surface area contributed by atoms with Crippen molar-refractivity contribution < 1.29 is 14.2 Å². The highest BCUT2D eigenvalue weighted by Gasteiger charge is 2.17. The van der Waals surface area contributed by atoms with E-state index in [1.165, 1.54) is 6.07 Å². The molecular weight excluding hydrogens is 398 g/mol. The molecule has 2 aromatic heterocycles. The topological polar surface area (TPSA) is 124 Å². The lowest BCUT2D eigenvalue weighted by molar-refractivity contribution is -0.385. The van der Waals surface area contributed by atoms with Crippen molar-refractivity contribution in [1.82, 2.24) is 15.1 Å². The first-order valence-electron chi connectivity index (χ1n) is 9.38. The van der Waals surface area contributed by atoms with Crippen molar-refractivity contribution in [2.45, 2.75) is 13.3 Å². The predicted molar refractivity (Wildman–Crippen MR) is 113 cm³/mol. The minimum atomic E-state index is -0.504. The largest absolute Gasteiger partial charge is 0.339 e. The normalized spacial score (nSPS) is 10.6. The number of nitro groups is 1. The van der Waals surface area contributed by atoms with Crippen LogP contribution < -0.4 is 5.32 Å². The van der Waals surface area contributed by atoms with Crippen LogP contribution in [0.25, 0.3) is 11.4 Å². The zero-order valence-corrected chi connectivity index (χ0v) is 16.5. The molecule has 0 aliphatic heterocycles. The molecule has 4 rings (SSSR count). The number of amides is 1. The lowest BCUT2D eigenvalue weighted by Gasteiger charge is -2.10. The van der Waals surface area contributed by atoms with Crippen LogP contribution in [0.5, 0.6) is 0 Å². The number of aromatic nitrogens is 3. The van der Waals surface area contributed by atoms with Crippen LogP contribution in [-0.4, -0.2) is 26.0 Å². The Balaban J connectivity index is 1.54. The number of nitro benzene ring substituents is 1. The number of benzene rings is 2. The van der Waals surface area contributed by atoms with Gasteiger partial charge < -0.3 is 9.84 Å². The van der Waals surface area contributed by atoms with Crippen molar-refractivity contribution in [3.8, 4) is 11.4 Å². The highest BCUT2D eigenvalue weighted by molar-refractivity contribution is 6.05. The van der Waals surface area contributed by atoms with Crippen LogP contribution in [0.1, 0.15) is 27.4 Å². The van der Waals surface area contributed by atoms with Crippen molar-refractivity contribution in [3.63, 3.8) is 0 Å². The van der Waals surface area contributed by atoms with Gasteiger partial charge in [-0.05, 0) is 36.8 Å². The summed E-state index contributed by atoms with van der Waals surface area (Å²) in [6.45, 7) is 1.62. The third kappa shape index (κ3) is 4.45. The zero-order valence-electron chi connectivity index (χ0n) is 16.5. The third-order valence-corrected chi connectivity index (χ3v) is 4.68. The molecular formula is C22H17N5O4. The number of pyridine rings is 1. The summed E-state index contributed by atoms with van der Waals surface area (Å²) >= 11 is 0. The Morgan fingerprint density at radius 1 is 1.13 bits per heavy atom. The molecule has 9 heteroatoms. The van der Waals surface area contributed by atoms with Gasteiger partial charge in [-0.2, -0.15) is 4.98 Å². The van der Waals surface area contributed by atoms with Crippen LogP contribution in [0.4, 0.5) is 11.4 Å².